The van der Waals surface area contributed by atoms with E-state index in [1.807, 2.05) is 48.5 Å². The minimum Gasteiger partial charge on any atom is -0.497 e. The molecule has 124 valence electrons. The van der Waals surface area contributed by atoms with Gasteiger partial charge in [0.25, 0.3) is 0 Å². The number of nitrogens with one attached hydrogen (secondary N) is 1. The van der Waals surface area contributed by atoms with E-state index in [1.165, 1.54) is 0 Å². The lowest BCUT2D eigenvalue weighted by Gasteiger charge is -2.08. The van der Waals surface area contributed by atoms with Crippen LogP contribution in [-0.4, -0.2) is 31.9 Å². The van der Waals surface area contributed by atoms with E-state index in [2.05, 4.69) is 25.6 Å². The molecule has 7 nitrogen and oxygen atoms in total. The van der Waals surface area contributed by atoms with Crippen molar-refractivity contribution in [2.75, 3.05) is 12.4 Å². The second-order valence-electron chi connectivity index (χ2n) is 5.49. The van der Waals surface area contributed by atoms with Gasteiger partial charge in [0.1, 0.15) is 5.75 Å². The van der Waals surface area contributed by atoms with Gasteiger partial charge in [-0.25, -0.2) is 0 Å². The summed E-state index contributed by atoms with van der Waals surface area (Å²) >= 11 is 0. The molecule has 3 heterocycles. The lowest BCUT2D eigenvalue weighted by molar-refractivity contribution is 0.415. The number of aromatic nitrogens is 5. The second-order valence-corrected chi connectivity index (χ2v) is 5.49. The second kappa shape index (κ2) is 6.56. The summed E-state index contributed by atoms with van der Waals surface area (Å²) in [5, 5.41) is 16.3. The summed E-state index contributed by atoms with van der Waals surface area (Å²) in [6.07, 6.45) is 4.17. The Morgan fingerprint density at radius 2 is 1.92 bits per heavy atom. The van der Waals surface area contributed by atoms with Gasteiger partial charge >= 0.3 is 0 Å². The molecule has 0 bridgehead atoms. The third kappa shape index (κ3) is 3.25. The van der Waals surface area contributed by atoms with Gasteiger partial charge in [0.15, 0.2) is 17.3 Å². The Bertz CT molecular complexity index is 999. The van der Waals surface area contributed by atoms with E-state index >= 15 is 0 Å². The standard InChI is InChI=1S/C18H16N6O/c1-25-15-4-2-3-14(12-15)20-16-5-6-17-21-22-18(24(17)23-16)11-13-7-9-19-10-8-13/h2-10,12H,11H2,1H3,(H,20,23). The van der Waals surface area contributed by atoms with Gasteiger partial charge in [-0.15, -0.1) is 15.3 Å². The fourth-order valence-corrected chi connectivity index (χ4v) is 2.54. The Morgan fingerprint density at radius 3 is 2.76 bits per heavy atom. The van der Waals surface area contributed by atoms with E-state index < -0.39 is 0 Å². The molecule has 0 unspecified atom stereocenters. The molecule has 0 saturated heterocycles. The Morgan fingerprint density at radius 1 is 1.04 bits per heavy atom. The Hall–Kier alpha value is -3.48. The first-order valence-electron chi connectivity index (χ1n) is 7.83. The number of hydrogen-bond donors (Lipinski definition) is 1. The van der Waals surface area contributed by atoms with Crippen molar-refractivity contribution in [1.29, 1.82) is 0 Å². The molecule has 3 aromatic heterocycles. The van der Waals surface area contributed by atoms with Crippen molar-refractivity contribution < 1.29 is 4.74 Å². The van der Waals surface area contributed by atoms with Crippen molar-refractivity contribution in [2.45, 2.75) is 6.42 Å². The van der Waals surface area contributed by atoms with Gasteiger partial charge in [-0.1, -0.05) is 6.07 Å². The smallest absolute Gasteiger partial charge is 0.178 e. The summed E-state index contributed by atoms with van der Waals surface area (Å²) in [7, 11) is 1.64. The van der Waals surface area contributed by atoms with E-state index in [0.29, 0.717) is 17.9 Å². The van der Waals surface area contributed by atoms with Crippen molar-refractivity contribution in [2.24, 2.45) is 0 Å². The van der Waals surface area contributed by atoms with Crippen LogP contribution in [0.4, 0.5) is 11.5 Å². The Labute approximate surface area is 144 Å². The first-order valence-corrected chi connectivity index (χ1v) is 7.83. The SMILES string of the molecule is COc1cccc(Nc2ccc3nnc(Cc4ccncc4)n3n2)c1. The maximum Gasteiger partial charge on any atom is 0.178 e. The van der Waals surface area contributed by atoms with Crippen molar-refractivity contribution in [1.82, 2.24) is 24.8 Å². The Kier molecular flexibility index (Phi) is 3.96. The molecule has 4 rings (SSSR count). The molecule has 0 aliphatic heterocycles. The van der Waals surface area contributed by atoms with Crippen LogP contribution in [0.3, 0.4) is 0 Å². The molecule has 0 spiro atoms. The molecule has 1 aromatic carbocycles. The maximum atomic E-state index is 5.25. The van der Waals surface area contributed by atoms with Crippen LogP contribution in [0.25, 0.3) is 5.65 Å². The van der Waals surface area contributed by atoms with Crippen LogP contribution in [0.15, 0.2) is 60.9 Å². The van der Waals surface area contributed by atoms with Gasteiger partial charge in [0, 0.05) is 30.6 Å². The van der Waals surface area contributed by atoms with Crippen LogP contribution >= 0.6 is 0 Å². The monoisotopic (exact) mass is 332 g/mol. The van der Waals surface area contributed by atoms with E-state index in [-0.39, 0.29) is 0 Å². The summed E-state index contributed by atoms with van der Waals surface area (Å²) < 4.78 is 7.00. The summed E-state index contributed by atoms with van der Waals surface area (Å²) in [5.41, 5.74) is 2.72. The van der Waals surface area contributed by atoms with E-state index in [9.17, 15) is 0 Å². The van der Waals surface area contributed by atoms with Crippen LogP contribution in [0.5, 0.6) is 5.75 Å². The molecule has 0 saturated carbocycles. The summed E-state index contributed by atoms with van der Waals surface area (Å²) in [5.74, 6) is 2.26. The third-order valence-electron chi connectivity index (χ3n) is 3.78. The number of hydrogen-bond acceptors (Lipinski definition) is 6. The predicted molar refractivity (Wildman–Crippen MR) is 94.1 cm³/mol. The van der Waals surface area contributed by atoms with Gasteiger partial charge in [-0.2, -0.15) is 4.52 Å². The van der Waals surface area contributed by atoms with Gasteiger partial charge in [-0.05, 0) is 42.0 Å². The number of rotatable bonds is 5. The summed E-state index contributed by atoms with van der Waals surface area (Å²) in [6, 6.07) is 15.4. The Balaban J connectivity index is 1.63. The number of nitrogens with zero attached hydrogens (tertiary/aromatic N) is 5. The van der Waals surface area contributed by atoms with E-state index in [4.69, 9.17) is 4.74 Å². The number of fused-ring (bicyclic) bond motifs is 1. The highest BCUT2D eigenvalue weighted by Gasteiger charge is 2.09. The molecule has 4 aromatic rings. The van der Waals surface area contributed by atoms with Gasteiger partial charge in [-0.3, -0.25) is 4.98 Å². The average Bonchev–Trinajstić information content (AvgIpc) is 3.05. The number of anilines is 2. The summed E-state index contributed by atoms with van der Waals surface area (Å²) in [4.78, 5) is 4.03. The molecule has 0 aliphatic rings. The van der Waals surface area contributed by atoms with Gasteiger partial charge in [0.05, 0.1) is 7.11 Å². The summed E-state index contributed by atoms with van der Waals surface area (Å²) in [6.45, 7) is 0. The topological polar surface area (TPSA) is 77.2 Å². The van der Waals surface area contributed by atoms with Gasteiger partial charge in [0.2, 0.25) is 0 Å². The molecule has 0 atom stereocenters. The van der Waals surface area contributed by atoms with Crippen LogP contribution in [0.2, 0.25) is 0 Å². The minimum atomic E-state index is 0.638. The highest BCUT2D eigenvalue weighted by atomic mass is 16.5. The number of pyridine rings is 1. The van der Waals surface area contributed by atoms with Crippen LogP contribution in [-0.2, 0) is 6.42 Å². The van der Waals surface area contributed by atoms with Crippen molar-refractivity contribution in [3.05, 3.63) is 72.3 Å². The molecule has 0 radical (unpaired) electrons. The molecule has 25 heavy (non-hydrogen) atoms. The molecular weight excluding hydrogens is 316 g/mol. The zero-order valence-corrected chi connectivity index (χ0v) is 13.6. The number of benzene rings is 1. The van der Waals surface area contributed by atoms with Crippen molar-refractivity contribution in [3.63, 3.8) is 0 Å². The minimum absolute atomic E-state index is 0.638. The number of methoxy groups -OCH3 is 1. The first-order chi connectivity index (χ1) is 12.3. The van der Waals surface area contributed by atoms with Gasteiger partial charge < -0.3 is 10.1 Å². The predicted octanol–water partition coefficient (Wildman–Crippen LogP) is 2.86. The molecule has 0 fully saturated rings. The quantitative estimate of drug-likeness (QED) is 0.605. The van der Waals surface area contributed by atoms with Crippen LogP contribution in [0.1, 0.15) is 11.4 Å². The zero-order chi connectivity index (χ0) is 17.1. The average molecular weight is 332 g/mol. The lowest BCUT2D eigenvalue weighted by atomic mass is 10.2. The highest BCUT2D eigenvalue weighted by molar-refractivity contribution is 5.59. The molecule has 1 N–H and O–H groups in total. The first kappa shape index (κ1) is 15.1. The van der Waals surface area contributed by atoms with E-state index in [1.54, 1.807) is 24.0 Å². The molecule has 7 heteroatoms. The normalized spacial score (nSPS) is 10.8. The zero-order valence-electron chi connectivity index (χ0n) is 13.6. The molecular formula is C18H16N6O. The van der Waals surface area contributed by atoms with Crippen molar-refractivity contribution >= 4 is 17.2 Å². The fraction of sp³-hybridized carbons (Fsp3) is 0.111. The third-order valence-corrected chi connectivity index (χ3v) is 3.78. The van der Waals surface area contributed by atoms with Crippen molar-refractivity contribution in [3.8, 4) is 5.75 Å². The largest absolute Gasteiger partial charge is 0.497 e. The van der Waals surface area contributed by atoms with Crippen LogP contribution in [0, 0.1) is 0 Å². The number of ether oxygens (including phenoxy) is 1. The lowest BCUT2D eigenvalue weighted by Crippen LogP contribution is -2.03. The fourth-order valence-electron chi connectivity index (χ4n) is 2.54. The highest BCUT2D eigenvalue weighted by Crippen LogP contribution is 2.20. The van der Waals surface area contributed by atoms with E-state index in [0.717, 1.165) is 22.8 Å². The van der Waals surface area contributed by atoms with Crippen LogP contribution < -0.4 is 10.1 Å². The molecule has 0 amide bonds. The maximum absolute atomic E-state index is 5.25. The molecule has 0 aliphatic carbocycles.